The number of hydrogen-bond donors (Lipinski definition) is 2. The van der Waals surface area contributed by atoms with Gasteiger partial charge in [-0.3, -0.25) is 4.79 Å². The number of aliphatic hydroxyl groups is 1. The number of hydrogen-bond acceptors (Lipinski definition) is 2. The number of rotatable bonds is 4. The zero-order valence-electron chi connectivity index (χ0n) is 6.53. The molecule has 1 aromatic carbocycles. The molecule has 1 radical (unpaired) electrons. The molecule has 0 aliphatic rings. The zero-order valence-corrected chi connectivity index (χ0v) is 6.53. The summed E-state index contributed by atoms with van der Waals surface area (Å²) in [5, 5.41) is 11.3. The van der Waals surface area contributed by atoms with Crippen molar-refractivity contribution in [1.82, 2.24) is 5.32 Å². The Morgan fingerprint density at radius 1 is 1.42 bits per heavy atom. The Morgan fingerprint density at radius 3 is 2.58 bits per heavy atom. The fraction of sp³-hybridized carbons (Fsp3) is 0.222. The molecular formula is C9H10NO2. The van der Waals surface area contributed by atoms with Crippen molar-refractivity contribution in [2.24, 2.45) is 0 Å². The number of carbonyl (C=O) groups excluding carboxylic acids is 1. The van der Waals surface area contributed by atoms with Crippen LogP contribution in [0.5, 0.6) is 0 Å². The molecule has 0 bridgehead atoms. The van der Waals surface area contributed by atoms with E-state index in [4.69, 9.17) is 5.11 Å². The van der Waals surface area contributed by atoms with Crippen LogP contribution in [0.3, 0.4) is 0 Å². The summed E-state index contributed by atoms with van der Waals surface area (Å²) in [6.45, 7) is -0.112. The zero-order chi connectivity index (χ0) is 8.81. The Labute approximate surface area is 71.0 Å². The van der Waals surface area contributed by atoms with Gasteiger partial charge in [-0.2, -0.15) is 0 Å². The molecule has 3 heteroatoms. The predicted molar refractivity (Wildman–Crippen MR) is 45.1 cm³/mol. The van der Waals surface area contributed by atoms with Gasteiger partial charge in [0.05, 0.1) is 12.6 Å². The third kappa shape index (κ3) is 2.07. The molecule has 1 aromatic rings. The number of benzene rings is 1. The van der Waals surface area contributed by atoms with Crippen molar-refractivity contribution < 1.29 is 9.90 Å². The van der Waals surface area contributed by atoms with Crippen LogP contribution in [0.2, 0.25) is 0 Å². The Bertz CT molecular complexity index is 236. The third-order valence-corrected chi connectivity index (χ3v) is 1.62. The van der Waals surface area contributed by atoms with Crippen LogP contribution in [0, 0.1) is 0 Å². The van der Waals surface area contributed by atoms with Crippen LogP contribution in [-0.4, -0.2) is 18.1 Å². The van der Waals surface area contributed by atoms with Crippen molar-refractivity contribution in [2.75, 3.05) is 6.61 Å². The minimum absolute atomic E-state index is 0.112. The summed E-state index contributed by atoms with van der Waals surface area (Å²) in [4.78, 5) is 10.0. The van der Waals surface area contributed by atoms with Crippen LogP contribution in [0.1, 0.15) is 11.6 Å². The Kier molecular flexibility index (Phi) is 3.29. The van der Waals surface area contributed by atoms with Gasteiger partial charge in [0.15, 0.2) is 0 Å². The van der Waals surface area contributed by atoms with Crippen molar-refractivity contribution in [1.29, 1.82) is 0 Å². The highest BCUT2D eigenvalue weighted by Gasteiger charge is 2.07. The molecule has 63 valence electrons. The highest BCUT2D eigenvalue weighted by Crippen LogP contribution is 2.09. The van der Waals surface area contributed by atoms with Gasteiger partial charge in [-0.25, -0.2) is 0 Å². The maximum absolute atomic E-state index is 10.0. The molecule has 0 aliphatic carbocycles. The first kappa shape index (κ1) is 8.74. The quantitative estimate of drug-likeness (QED) is 0.632. The maximum Gasteiger partial charge on any atom is 0.309 e. The van der Waals surface area contributed by atoms with Gasteiger partial charge in [-0.05, 0) is 5.56 Å². The highest BCUT2D eigenvalue weighted by atomic mass is 16.3. The van der Waals surface area contributed by atoms with E-state index in [2.05, 4.69) is 5.32 Å². The molecule has 0 saturated heterocycles. The molecule has 3 nitrogen and oxygen atoms in total. The summed E-state index contributed by atoms with van der Waals surface area (Å²) in [5.41, 5.74) is 0.878. The van der Waals surface area contributed by atoms with E-state index in [0.29, 0.717) is 0 Å². The molecular weight excluding hydrogens is 154 g/mol. The smallest absolute Gasteiger partial charge is 0.309 e. The van der Waals surface area contributed by atoms with E-state index in [1.165, 1.54) is 0 Å². The first-order valence-electron chi connectivity index (χ1n) is 3.67. The molecule has 0 spiro atoms. The standard InChI is InChI=1S/C9H10NO2/c11-6-9(10-7-12)8-4-2-1-3-5-8/h1-5,9,11H,6H2,(H,10,12). The summed E-state index contributed by atoms with van der Waals surface area (Å²) in [5.74, 6) is 0. The topological polar surface area (TPSA) is 49.3 Å². The summed E-state index contributed by atoms with van der Waals surface area (Å²) >= 11 is 0. The fourth-order valence-corrected chi connectivity index (χ4v) is 0.991. The summed E-state index contributed by atoms with van der Waals surface area (Å²) in [6, 6.07) is 8.91. The van der Waals surface area contributed by atoms with Gasteiger partial charge in [-0.15, -0.1) is 0 Å². The first-order chi connectivity index (χ1) is 5.88. The molecule has 0 fully saturated rings. The summed E-state index contributed by atoms with van der Waals surface area (Å²) in [6.07, 6.45) is 1.56. The largest absolute Gasteiger partial charge is 0.394 e. The molecule has 0 saturated carbocycles. The SMILES string of the molecule is O=[C]NC(CO)c1ccccc1. The number of aliphatic hydroxyl groups excluding tert-OH is 1. The van der Waals surface area contributed by atoms with Crippen LogP contribution < -0.4 is 5.32 Å². The molecule has 1 unspecified atom stereocenters. The minimum atomic E-state index is -0.344. The van der Waals surface area contributed by atoms with Gasteiger partial charge in [0.25, 0.3) is 0 Å². The minimum Gasteiger partial charge on any atom is -0.394 e. The van der Waals surface area contributed by atoms with Crippen molar-refractivity contribution in [3.8, 4) is 0 Å². The third-order valence-electron chi connectivity index (χ3n) is 1.62. The monoisotopic (exact) mass is 164 g/mol. The molecule has 1 amide bonds. The second-order valence-corrected chi connectivity index (χ2v) is 2.39. The number of amides is 1. The van der Waals surface area contributed by atoms with Crippen molar-refractivity contribution in [3.63, 3.8) is 0 Å². The van der Waals surface area contributed by atoms with Gasteiger partial charge in [0.2, 0.25) is 0 Å². The van der Waals surface area contributed by atoms with E-state index in [0.717, 1.165) is 5.56 Å². The lowest BCUT2D eigenvalue weighted by molar-refractivity contribution is 0.256. The van der Waals surface area contributed by atoms with Crippen LogP contribution in [0.25, 0.3) is 0 Å². The number of nitrogens with one attached hydrogen (secondary N) is 1. The molecule has 1 atom stereocenters. The van der Waals surface area contributed by atoms with Gasteiger partial charge in [0, 0.05) is 0 Å². The second-order valence-electron chi connectivity index (χ2n) is 2.39. The molecule has 2 N–H and O–H groups in total. The van der Waals surface area contributed by atoms with Crippen LogP contribution >= 0.6 is 0 Å². The molecule has 12 heavy (non-hydrogen) atoms. The van der Waals surface area contributed by atoms with E-state index in [9.17, 15) is 4.79 Å². The van der Waals surface area contributed by atoms with Gasteiger partial charge >= 0.3 is 6.41 Å². The normalized spacial score (nSPS) is 12.1. The average molecular weight is 164 g/mol. The summed E-state index contributed by atoms with van der Waals surface area (Å²) < 4.78 is 0. The average Bonchev–Trinajstić information content (AvgIpc) is 2.15. The van der Waals surface area contributed by atoms with Gasteiger partial charge in [0.1, 0.15) is 0 Å². The van der Waals surface area contributed by atoms with Gasteiger partial charge in [-0.1, -0.05) is 30.3 Å². The fourth-order valence-electron chi connectivity index (χ4n) is 0.991. The van der Waals surface area contributed by atoms with E-state index in [1.54, 1.807) is 6.41 Å². The van der Waals surface area contributed by atoms with Gasteiger partial charge < -0.3 is 10.4 Å². The van der Waals surface area contributed by atoms with Crippen LogP contribution in [0.4, 0.5) is 0 Å². The van der Waals surface area contributed by atoms with Crippen LogP contribution in [-0.2, 0) is 4.79 Å². The van der Waals surface area contributed by atoms with E-state index in [-0.39, 0.29) is 12.6 Å². The Hall–Kier alpha value is -1.35. The second kappa shape index (κ2) is 4.51. The van der Waals surface area contributed by atoms with E-state index >= 15 is 0 Å². The molecule has 1 rings (SSSR count). The lowest BCUT2D eigenvalue weighted by Gasteiger charge is -2.11. The lowest BCUT2D eigenvalue weighted by atomic mass is 10.1. The molecule has 0 aliphatic heterocycles. The molecule has 0 heterocycles. The predicted octanol–water partition coefficient (Wildman–Crippen LogP) is 0.377. The van der Waals surface area contributed by atoms with Crippen molar-refractivity contribution in [2.45, 2.75) is 6.04 Å². The van der Waals surface area contributed by atoms with E-state index in [1.807, 2.05) is 30.3 Å². The summed E-state index contributed by atoms with van der Waals surface area (Å²) in [7, 11) is 0. The van der Waals surface area contributed by atoms with Crippen molar-refractivity contribution in [3.05, 3.63) is 35.9 Å². The maximum atomic E-state index is 10.0. The first-order valence-corrected chi connectivity index (χ1v) is 3.67. The Morgan fingerprint density at radius 2 is 2.08 bits per heavy atom. The lowest BCUT2D eigenvalue weighted by Crippen LogP contribution is -2.22. The highest BCUT2D eigenvalue weighted by molar-refractivity contribution is 5.48. The van der Waals surface area contributed by atoms with E-state index < -0.39 is 0 Å². The Balaban J connectivity index is 2.72. The molecule has 0 aromatic heterocycles. The van der Waals surface area contributed by atoms with Crippen LogP contribution in [0.15, 0.2) is 30.3 Å². The van der Waals surface area contributed by atoms with Crippen molar-refractivity contribution >= 4 is 6.41 Å².